The van der Waals surface area contributed by atoms with Crippen molar-refractivity contribution in [3.63, 3.8) is 0 Å². The summed E-state index contributed by atoms with van der Waals surface area (Å²) in [7, 11) is -2.08. The third-order valence-electron chi connectivity index (χ3n) is 11.7. The minimum atomic E-state index is -4.66. The number of sulfonamides is 1. The van der Waals surface area contributed by atoms with E-state index < -0.39 is 82.2 Å². The van der Waals surface area contributed by atoms with Crippen LogP contribution < -0.4 is 21.3 Å². The Morgan fingerprint density at radius 1 is 1.00 bits per heavy atom. The summed E-state index contributed by atoms with van der Waals surface area (Å²) in [4.78, 5) is 69.3. The number of ketones is 1. The summed E-state index contributed by atoms with van der Waals surface area (Å²) >= 11 is 0. The predicted octanol–water partition coefficient (Wildman–Crippen LogP) is 3.01. The van der Waals surface area contributed by atoms with Gasteiger partial charge in [0.15, 0.2) is 0 Å². The van der Waals surface area contributed by atoms with Gasteiger partial charge in [-0.05, 0) is 55.3 Å². The van der Waals surface area contributed by atoms with Crippen LogP contribution in [-0.4, -0.2) is 110 Å². The molecule has 0 aromatic rings. The molecule has 4 aliphatic rings. The number of nitrogens with one attached hydrogen (secondary N) is 4. The van der Waals surface area contributed by atoms with Gasteiger partial charge in [0.1, 0.15) is 12.1 Å². The van der Waals surface area contributed by atoms with E-state index in [1.807, 2.05) is 13.8 Å². The number of hydrogen-bond acceptors (Lipinski definition) is 7. The molecule has 0 radical (unpaired) electrons. The molecule has 5 atom stereocenters. The maximum absolute atomic E-state index is 14.6. The number of alkyl halides is 3. The summed E-state index contributed by atoms with van der Waals surface area (Å²) in [6, 6.07) is -4.58. The normalized spacial score (nSPS) is 25.3. The van der Waals surface area contributed by atoms with E-state index in [4.69, 9.17) is 0 Å². The number of urea groups is 1. The van der Waals surface area contributed by atoms with E-state index >= 15 is 0 Å². The highest BCUT2D eigenvalue weighted by molar-refractivity contribution is 7.88. The number of Topliss-reactive ketones (excluding diaryl/α,β-unsaturated/α-hetero) is 1. The number of likely N-dealkylation sites (tertiary alicyclic amines) is 1. The second kappa shape index (κ2) is 16.4. The van der Waals surface area contributed by atoms with Crippen molar-refractivity contribution < 1.29 is 45.6 Å². The van der Waals surface area contributed by atoms with Crippen LogP contribution in [0.5, 0.6) is 0 Å². The zero-order valence-corrected chi connectivity index (χ0v) is 31.5. The van der Waals surface area contributed by atoms with Crippen molar-refractivity contribution in [3.05, 3.63) is 12.7 Å². The number of carbonyl (C=O) groups excluding carboxylic acids is 5. The fourth-order valence-electron chi connectivity index (χ4n) is 8.60. The topological polar surface area (TPSA) is 174 Å². The predicted molar refractivity (Wildman–Crippen MR) is 187 cm³/mol. The standard InChI is InChI=1S/C35H55F3N6O7S/c1-6-19-39-30(47)28(45)24(15-18-35(36,37)38)40-29(46)27-25-23(33(25,2)3)20-44(27)31(48)26(22-13-9-7-10-14-22)41-32(49)42-34(16-11-8-12-17-34)21-43(4)52(5,50)51/h6,22-27H,1,7-21H2,2-5H3,(H,39,47)(H,40,46)(H2,41,42,49)/t23-,24?,25-,26-,27-/m0/s1. The minimum absolute atomic E-state index is 0.0634. The average molecular weight is 761 g/mol. The Hall–Kier alpha value is -3.21. The molecule has 17 heteroatoms. The molecule has 4 N–H and O–H groups in total. The second-order valence-corrected chi connectivity index (χ2v) is 17.9. The number of rotatable bonds is 15. The molecule has 0 spiro atoms. The van der Waals surface area contributed by atoms with Gasteiger partial charge in [0.2, 0.25) is 27.6 Å². The number of nitrogens with zero attached hydrogens (tertiary/aromatic N) is 2. The first-order valence-electron chi connectivity index (χ1n) is 18.3. The van der Waals surface area contributed by atoms with Crippen LogP contribution in [-0.2, 0) is 29.2 Å². The van der Waals surface area contributed by atoms with Crippen LogP contribution in [0.2, 0.25) is 0 Å². The van der Waals surface area contributed by atoms with Crippen LogP contribution in [0.15, 0.2) is 12.7 Å². The van der Waals surface area contributed by atoms with Crippen LogP contribution in [0.4, 0.5) is 18.0 Å². The summed E-state index contributed by atoms with van der Waals surface area (Å²) in [6.45, 7) is 7.43. The maximum atomic E-state index is 14.6. The lowest BCUT2D eigenvalue weighted by atomic mass is 9.81. The molecular weight excluding hydrogens is 705 g/mol. The summed E-state index contributed by atoms with van der Waals surface area (Å²) in [6.07, 6.45) is 2.99. The third-order valence-corrected chi connectivity index (χ3v) is 13.0. The summed E-state index contributed by atoms with van der Waals surface area (Å²) in [5.74, 6) is -4.46. The molecule has 294 valence electrons. The molecule has 1 unspecified atom stereocenters. The van der Waals surface area contributed by atoms with E-state index in [-0.39, 0.29) is 42.8 Å². The van der Waals surface area contributed by atoms with Crippen molar-refractivity contribution in [2.45, 2.75) is 121 Å². The summed E-state index contributed by atoms with van der Waals surface area (Å²) in [5.41, 5.74) is -1.23. The highest BCUT2D eigenvalue weighted by atomic mass is 32.2. The molecule has 1 aliphatic heterocycles. The van der Waals surface area contributed by atoms with Gasteiger partial charge in [-0.2, -0.15) is 13.2 Å². The van der Waals surface area contributed by atoms with Crippen LogP contribution in [0.1, 0.15) is 90.9 Å². The number of carbonyl (C=O) groups is 5. The minimum Gasteiger partial charge on any atom is -0.346 e. The van der Waals surface area contributed by atoms with Gasteiger partial charge < -0.3 is 26.2 Å². The molecule has 4 rings (SSSR count). The Morgan fingerprint density at radius 3 is 2.19 bits per heavy atom. The van der Waals surface area contributed by atoms with Crippen LogP contribution in [0.25, 0.3) is 0 Å². The zero-order chi connectivity index (χ0) is 38.6. The maximum Gasteiger partial charge on any atom is 0.389 e. The van der Waals surface area contributed by atoms with E-state index in [1.54, 1.807) is 0 Å². The number of amides is 5. The zero-order valence-electron chi connectivity index (χ0n) is 30.6. The van der Waals surface area contributed by atoms with Gasteiger partial charge in [-0.15, -0.1) is 6.58 Å². The Morgan fingerprint density at radius 2 is 1.62 bits per heavy atom. The molecule has 0 aromatic heterocycles. The van der Waals surface area contributed by atoms with E-state index in [0.717, 1.165) is 44.8 Å². The van der Waals surface area contributed by atoms with Gasteiger partial charge in [-0.25, -0.2) is 17.5 Å². The number of likely N-dealkylation sites (N-methyl/N-ethyl adjacent to an activating group) is 1. The smallest absolute Gasteiger partial charge is 0.346 e. The fourth-order valence-corrected chi connectivity index (χ4v) is 9.08. The molecule has 1 saturated heterocycles. The van der Waals surface area contributed by atoms with E-state index in [0.29, 0.717) is 25.7 Å². The molecule has 5 amide bonds. The van der Waals surface area contributed by atoms with E-state index in [9.17, 15) is 45.6 Å². The lowest BCUT2D eigenvalue weighted by molar-refractivity contribution is -0.147. The lowest BCUT2D eigenvalue weighted by Gasteiger charge is -2.41. The van der Waals surface area contributed by atoms with Crippen LogP contribution in [0, 0.1) is 23.2 Å². The van der Waals surface area contributed by atoms with Gasteiger partial charge in [0.05, 0.1) is 17.8 Å². The molecule has 3 saturated carbocycles. The van der Waals surface area contributed by atoms with E-state index in [2.05, 4.69) is 27.8 Å². The van der Waals surface area contributed by atoms with Crippen molar-refractivity contribution in [1.82, 2.24) is 30.5 Å². The van der Waals surface area contributed by atoms with Crippen molar-refractivity contribution >= 4 is 39.6 Å². The number of hydrogen-bond donors (Lipinski definition) is 4. The first-order valence-corrected chi connectivity index (χ1v) is 20.2. The Labute approximate surface area is 304 Å². The van der Waals surface area contributed by atoms with E-state index in [1.165, 1.54) is 22.3 Å². The van der Waals surface area contributed by atoms with Crippen molar-refractivity contribution in [2.75, 3.05) is 32.9 Å². The quantitative estimate of drug-likeness (QED) is 0.147. The molecule has 3 aliphatic carbocycles. The monoisotopic (exact) mass is 760 g/mol. The SMILES string of the molecule is C=CCNC(=O)C(=O)C(CCC(F)(F)F)NC(=O)[C@@H]1[C@@H]2[C@H](CN1C(=O)[C@@H](NC(=O)NC1(CN(C)S(C)(=O)=O)CCCCC1)C1CCCCC1)C2(C)C. The molecule has 4 fully saturated rings. The number of piperidine rings is 1. The Bertz CT molecular complexity index is 1480. The first kappa shape index (κ1) is 41.5. The fraction of sp³-hybridized carbons (Fsp3) is 0.800. The third kappa shape index (κ3) is 10.1. The highest BCUT2D eigenvalue weighted by Gasteiger charge is 2.70. The average Bonchev–Trinajstić information content (AvgIpc) is 3.37. The Kier molecular flexibility index (Phi) is 13.1. The molecule has 1 heterocycles. The highest BCUT2D eigenvalue weighted by Crippen LogP contribution is 2.65. The van der Waals surface area contributed by atoms with Gasteiger partial charge in [0, 0.05) is 33.1 Å². The largest absolute Gasteiger partial charge is 0.389 e. The van der Waals surface area contributed by atoms with Crippen molar-refractivity contribution in [1.29, 1.82) is 0 Å². The first-order chi connectivity index (χ1) is 24.2. The Balaban J connectivity index is 1.58. The van der Waals surface area contributed by atoms with Crippen molar-refractivity contribution in [2.24, 2.45) is 23.2 Å². The van der Waals surface area contributed by atoms with Gasteiger partial charge in [-0.3, -0.25) is 19.2 Å². The van der Waals surface area contributed by atoms with Crippen molar-refractivity contribution in [3.8, 4) is 0 Å². The molecule has 13 nitrogen and oxygen atoms in total. The lowest BCUT2D eigenvalue weighted by Crippen LogP contribution is -2.63. The van der Waals surface area contributed by atoms with Crippen LogP contribution in [0.3, 0.4) is 0 Å². The van der Waals surface area contributed by atoms with Gasteiger partial charge in [-0.1, -0.05) is 58.4 Å². The van der Waals surface area contributed by atoms with Gasteiger partial charge in [0.25, 0.3) is 5.91 Å². The molecule has 0 aromatic carbocycles. The summed E-state index contributed by atoms with van der Waals surface area (Å²) < 4.78 is 65.6. The molecule has 0 bridgehead atoms. The number of halogens is 3. The molecule has 52 heavy (non-hydrogen) atoms. The summed E-state index contributed by atoms with van der Waals surface area (Å²) in [5, 5.41) is 10.6. The van der Waals surface area contributed by atoms with Gasteiger partial charge >= 0.3 is 12.2 Å². The van der Waals surface area contributed by atoms with Crippen LogP contribution >= 0.6 is 0 Å². The second-order valence-electron chi connectivity index (χ2n) is 15.8. The molecular formula is C35H55F3N6O7S. The number of fused-ring (bicyclic) bond motifs is 1.